The molecular formula is C11H15IN2O2. The summed E-state index contributed by atoms with van der Waals surface area (Å²) in [5, 5.41) is 0. The number of nitrogens with zero attached hydrogens (tertiary/aromatic N) is 1. The van der Waals surface area contributed by atoms with Gasteiger partial charge in [-0.2, -0.15) is 0 Å². The van der Waals surface area contributed by atoms with Crippen molar-refractivity contribution in [1.82, 2.24) is 4.98 Å². The Kier molecular flexibility index (Phi) is 4.12. The van der Waals surface area contributed by atoms with E-state index in [1.807, 2.05) is 13.8 Å². The molecule has 5 heteroatoms. The Hall–Kier alpha value is -0.850. The molecule has 1 aromatic heterocycles. The molecule has 0 fully saturated rings. The summed E-state index contributed by atoms with van der Waals surface area (Å²) in [5.74, 6) is 0.407. The fourth-order valence-corrected chi connectivity index (χ4v) is 1.98. The average Bonchev–Trinajstić information content (AvgIpc) is 2.20. The summed E-state index contributed by atoms with van der Waals surface area (Å²) in [6, 6.07) is 0. The molecule has 0 unspecified atom stereocenters. The molecule has 0 atom stereocenters. The highest BCUT2D eigenvalue weighted by molar-refractivity contribution is 14.1. The Bertz CT molecular complexity index is 405. The molecule has 2 N–H and O–H groups in total. The molecule has 0 aliphatic heterocycles. The number of carbonyl (C=O) groups excluding carboxylic acids is 1. The minimum atomic E-state index is -0.575. The number of methoxy groups -OCH3 is 1. The van der Waals surface area contributed by atoms with Crippen molar-refractivity contribution in [3.8, 4) is 5.75 Å². The van der Waals surface area contributed by atoms with Gasteiger partial charge in [-0.05, 0) is 34.6 Å². The van der Waals surface area contributed by atoms with Gasteiger partial charge < -0.3 is 10.5 Å². The van der Waals surface area contributed by atoms with Crippen LogP contribution in [0.4, 0.5) is 0 Å². The summed E-state index contributed by atoms with van der Waals surface area (Å²) >= 11 is 2.19. The van der Waals surface area contributed by atoms with Crippen LogP contribution in [0.15, 0.2) is 12.4 Å². The number of aromatic nitrogens is 1. The summed E-state index contributed by atoms with van der Waals surface area (Å²) in [4.78, 5) is 15.3. The van der Waals surface area contributed by atoms with Crippen molar-refractivity contribution in [3.63, 3.8) is 0 Å². The predicted molar refractivity (Wildman–Crippen MR) is 70.2 cm³/mol. The van der Waals surface area contributed by atoms with Crippen LogP contribution in [0.2, 0.25) is 0 Å². The predicted octanol–water partition coefficient (Wildman–Crippen LogP) is 1.75. The second kappa shape index (κ2) is 4.99. The molecule has 4 nitrogen and oxygen atoms in total. The zero-order valence-electron chi connectivity index (χ0n) is 9.58. The first-order valence-corrected chi connectivity index (χ1v) is 5.92. The van der Waals surface area contributed by atoms with Crippen molar-refractivity contribution < 1.29 is 9.53 Å². The molecule has 0 aliphatic rings. The summed E-state index contributed by atoms with van der Waals surface area (Å²) in [7, 11) is 1.60. The number of halogens is 1. The normalized spacial score (nSPS) is 11.2. The Morgan fingerprint density at radius 3 is 2.69 bits per heavy atom. The van der Waals surface area contributed by atoms with Crippen LogP contribution >= 0.6 is 22.6 Å². The quantitative estimate of drug-likeness (QED) is 0.853. The summed E-state index contributed by atoms with van der Waals surface area (Å²) in [6.45, 7) is 3.65. The van der Waals surface area contributed by atoms with E-state index in [0.717, 1.165) is 14.9 Å². The first-order chi connectivity index (χ1) is 7.38. The van der Waals surface area contributed by atoms with Crippen molar-refractivity contribution in [3.05, 3.63) is 21.5 Å². The lowest BCUT2D eigenvalue weighted by Gasteiger charge is -2.21. The number of hydrogen-bond acceptors (Lipinski definition) is 3. The van der Waals surface area contributed by atoms with Crippen LogP contribution in [-0.4, -0.2) is 18.0 Å². The van der Waals surface area contributed by atoms with Gasteiger partial charge in [0.15, 0.2) is 5.75 Å². The van der Waals surface area contributed by atoms with Gasteiger partial charge in [-0.15, -0.1) is 0 Å². The van der Waals surface area contributed by atoms with Gasteiger partial charge in [0.25, 0.3) is 0 Å². The molecule has 0 radical (unpaired) electrons. The van der Waals surface area contributed by atoms with Crippen molar-refractivity contribution in [2.24, 2.45) is 11.1 Å². The third-order valence-electron chi connectivity index (χ3n) is 2.44. The fourth-order valence-electron chi connectivity index (χ4n) is 1.30. The maximum absolute atomic E-state index is 11.3. The number of nitrogens with two attached hydrogens (primary N) is 1. The number of amides is 1. The topological polar surface area (TPSA) is 65.2 Å². The fraction of sp³-hybridized carbons (Fsp3) is 0.455. The van der Waals surface area contributed by atoms with E-state index in [0.29, 0.717) is 6.42 Å². The number of ether oxygens (including phenoxy) is 1. The maximum atomic E-state index is 11.3. The van der Waals surface area contributed by atoms with Crippen molar-refractivity contribution in [2.75, 3.05) is 7.11 Å². The van der Waals surface area contributed by atoms with E-state index in [-0.39, 0.29) is 5.91 Å². The van der Waals surface area contributed by atoms with Gasteiger partial charge in [0, 0.05) is 11.6 Å². The van der Waals surface area contributed by atoms with Gasteiger partial charge in [-0.25, -0.2) is 0 Å². The molecule has 1 heterocycles. The lowest BCUT2D eigenvalue weighted by molar-refractivity contribution is -0.125. The number of pyridine rings is 1. The molecule has 16 heavy (non-hydrogen) atoms. The minimum absolute atomic E-state index is 0.314. The first kappa shape index (κ1) is 13.2. The Balaban J connectivity index is 3.02. The third kappa shape index (κ3) is 2.84. The average molecular weight is 334 g/mol. The van der Waals surface area contributed by atoms with Crippen LogP contribution in [0.1, 0.15) is 19.4 Å². The van der Waals surface area contributed by atoms with Crippen LogP contribution in [0.25, 0.3) is 0 Å². The lowest BCUT2D eigenvalue weighted by atomic mass is 9.85. The zero-order valence-corrected chi connectivity index (χ0v) is 11.7. The summed E-state index contributed by atoms with van der Waals surface area (Å²) < 4.78 is 6.15. The second-order valence-electron chi connectivity index (χ2n) is 4.24. The molecule has 0 aliphatic carbocycles. The molecular weight excluding hydrogens is 319 g/mol. The van der Waals surface area contributed by atoms with E-state index in [1.54, 1.807) is 19.5 Å². The zero-order chi connectivity index (χ0) is 12.3. The standard InChI is InChI=1S/C11H15IN2O2/c1-11(2,10(13)15)4-7-5-14-6-8(16-3)9(7)12/h5-6H,4H2,1-3H3,(H2,13,15). The molecule has 0 spiro atoms. The monoisotopic (exact) mass is 334 g/mol. The van der Waals surface area contributed by atoms with E-state index < -0.39 is 5.41 Å². The Morgan fingerprint density at radius 1 is 1.56 bits per heavy atom. The number of primary amides is 1. The summed E-state index contributed by atoms with van der Waals surface area (Å²) in [6.07, 6.45) is 3.96. The van der Waals surface area contributed by atoms with Crippen molar-refractivity contribution in [1.29, 1.82) is 0 Å². The lowest BCUT2D eigenvalue weighted by Crippen LogP contribution is -2.33. The van der Waals surface area contributed by atoms with Crippen molar-refractivity contribution in [2.45, 2.75) is 20.3 Å². The van der Waals surface area contributed by atoms with E-state index in [4.69, 9.17) is 10.5 Å². The van der Waals surface area contributed by atoms with Gasteiger partial charge in [-0.1, -0.05) is 13.8 Å². The maximum Gasteiger partial charge on any atom is 0.223 e. The molecule has 1 amide bonds. The van der Waals surface area contributed by atoms with Gasteiger partial charge in [0.2, 0.25) is 5.91 Å². The van der Waals surface area contributed by atoms with E-state index in [2.05, 4.69) is 27.6 Å². The minimum Gasteiger partial charge on any atom is -0.494 e. The third-order valence-corrected chi connectivity index (χ3v) is 3.66. The van der Waals surface area contributed by atoms with E-state index >= 15 is 0 Å². The molecule has 0 bridgehead atoms. The highest BCUT2D eigenvalue weighted by atomic mass is 127. The summed E-state index contributed by atoms with van der Waals surface area (Å²) in [5.41, 5.74) is 5.75. The number of hydrogen-bond donors (Lipinski definition) is 1. The highest BCUT2D eigenvalue weighted by Crippen LogP contribution is 2.28. The van der Waals surface area contributed by atoms with E-state index in [1.165, 1.54) is 0 Å². The molecule has 88 valence electrons. The Morgan fingerprint density at radius 2 is 2.19 bits per heavy atom. The van der Waals surface area contributed by atoms with Gasteiger partial charge in [0.05, 0.1) is 16.9 Å². The largest absolute Gasteiger partial charge is 0.494 e. The highest BCUT2D eigenvalue weighted by Gasteiger charge is 2.26. The molecule has 0 saturated carbocycles. The van der Waals surface area contributed by atoms with Gasteiger partial charge in [-0.3, -0.25) is 9.78 Å². The van der Waals surface area contributed by atoms with Crippen LogP contribution < -0.4 is 10.5 Å². The Labute approximate surface area is 109 Å². The van der Waals surface area contributed by atoms with Crippen LogP contribution in [0, 0.1) is 8.99 Å². The van der Waals surface area contributed by atoms with Gasteiger partial charge in [0.1, 0.15) is 0 Å². The number of carbonyl (C=O) groups is 1. The molecule has 0 saturated heterocycles. The second-order valence-corrected chi connectivity index (χ2v) is 5.32. The number of rotatable bonds is 4. The molecule has 1 rings (SSSR count). The smallest absolute Gasteiger partial charge is 0.223 e. The van der Waals surface area contributed by atoms with Crippen LogP contribution in [-0.2, 0) is 11.2 Å². The van der Waals surface area contributed by atoms with Gasteiger partial charge >= 0.3 is 0 Å². The molecule has 1 aromatic rings. The van der Waals surface area contributed by atoms with Crippen LogP contribution in [0.5, 0.6) is 5.75 Å². The first-order valence-electron chi connectivity index (χ1n) is 4.85. The van der Waals surface area contributed by atoms with E-state index in [9.17, 15) is 4.79 Å². The SMILES string of the molecule is COc1cncc(CC(C)(C)C(N)=O)c1I. The van der Waals surface area contributed by atoms with Crippen LogP contribution in [0.3, 0.4) is 0 Å². The molecule has 0 aromatic carbocycles. The van der Waals surface area contributed by atoms with Crippen molar-refractivity contribution >= 4 is 28.5 Å².